The molecule has 0 spiro atoms. The van der Waals surface area contributed by atoms with Crippen molar-refractivity contribution >= 4 is 11.7 Å². The molecular weight excluding hydrogens is 272 g/mol. The Bertz CT molecular complexity index is 665. The Morgan fingerprint density at radius 3 is 3.10 bits per heavy atom. The van der Waals surface area contributed by atoms with Gasteiger partial charge in [0.05, 0.1) is 0 Å². The number of amides is 1. The smallest absolute Gasteiger partial charge is 0.290 e. The second-order valence-corrected chi connectivity index (χ2v) is 4.97. The molecule has 1 aliphatic rings. The molecular formula is C13H16N6O2. The van der Waals surface area contributed by atoms with Gasteiger partial charge >= 0.3 is 0 Å². The van der Waals surface area contributed by atoms with Gasteiger partial charge in [-0.25, -0.2) is 4.98 Å². The zero-order valence-corrected chi connectivity index (χ0v) is 11.4. The molecule has 1 saturated heterocycles. The van der Waals surface area contributed by atoms with E-state index < -0.39 is 0 Å². The van der Waals surface area contributed by atoms with Gasteiger partial charge in [-0.3, -0.25) is 14.7 Å². The highest BCUT2D eigenvalue weighted by molar-refractivity contribution is 5.92. The van der Waals surface area contributed by atoms with Crippen LogP contribution >= 0.6 is 0 Å². The Hall–Kier alpha value is -2.64. The molecule has 1 fully saturated rings. The van der Waals surface area contributed by atoms with Gasteiger partial charge in [-0.2, -0.15) is 5.10 Å². The second-order valence-electron chi connectivity index (χ2n) is 4.97. The number of rotatable bonds is 3. The maximum absolute atomic E-state index is 12.0. The van der Waals surface area contributed by atoms with Crippen LogP contribution in [0.25, 0.3) is 0 Å². The summed E-state index contributed by atoms with van der Waals surface area (Å²) in [6, 6.07) is 1.61. The fourth-order valence-electron chi connectivity index (χ4n) is 2.50. The van der Waals surface area contributed by atoms with E-state index in [1.807, 2.05) is 4.90 Å². The minimum absolute atomic E-state index is 0.0176. The van der Waals surface area contributed by atoms with Gasteiger partial charge in [-0.05, 0) is 18.9 Å². The van der Waals surface area contributed by atoms with E-state index in [2.05, 4.69) is 25.5 Å². The van der Waals surface area contributed by atoms with Gasteiger partial charge in [-0.15, -0.1) is 0 Å². The first-order chi connectivity index (χ1) is 10.2. The number of piperidine rings is 1. The number of aromatic nitrogens is 4. The Kier molecular flexibility index (Phi) is 3.67. The van der Waals surface area contributed by atoms with Crippen molar-refractivity contribution in [2.45, 2.75) is 18.9 Å². The summed E-state index contributed by atoms with van der Waals surface area (Å²) in [5.41, 5.74) is 0.223. The van der Waals surface area contributed by atoms with E-state index in [1.165, 1.54) is 12.4 Å². The first kappa shape index (κ1) is 13.3. The van der Waals surface area contributed by atoms with Gasteiger partial charge < -0.3 is 15.2 Å². The average Bonchev–Trinajstić information content (AvgIpc) is 3.02. The molecule has 3 N–H and O–H groups in total. The molecule has 0 aliphatic carbocycles. The minimum Gasteiger partial charge on any atom is -0.350 e. The van der Waals surface area contributed by atoms with Crippen LogP contribution in [-0.2, 0) is 0 Å². The first-order valence-corrected chi connectivity index (χ1v) is 6.83. The van der Waals surface area contributed by atoms with E-state index >= 15 is 0 Å². The highest BCUT2D eigenvalue weighted by Crippen LogP contribution is 2.14. The van der Waals surface area contributed by atoms with Crippen LogP contribution in [0.3, 0.4) is 0 Å². The molecule has 3 heterocycles. The predicted molar refractivity (Wildman–Crippen MR) is 76.1 cm³/mol. The number of hydrogen-bond donors (Lipinski definition) is 3. The third-order valence-corrected chi connectivity index (χ3v) is 3.49. The summed E-state index contributed by atoms with van der Waals surface area (Å²) in [6.45, 7) is 1.33. The number of carbonyl (C=O) groups excluding carboxylic acids is 1. The minimum atomic E-state index is -0.210. The third-order valence-electron chi connectivity index (χ3n) is 3.49. The topological polar surface area (TPSA) is 107 Å². The van der Waals surface area contributed by atoms with Gasteiger partial charge in [0.25, 0.3) is 11.5 Å². The quantitative estimate of drug-likeness (QED) is 0.730. The first-order valence-electron chi connectivity index (χ1n) is 6.83. The lowest BCUT2D eigenvalue weighted by atomic mass is 10.1. The lowest BCUT2D eigenvalue weighted by Gasteiger charge is -2.33. The molecule has 0 saturated carbocycles. The van der Waals surface area contributed by atoms with E-state index in [9.17, 15) is 9.59 Å². The summed E-state index contributed by atoms with van der Waals surface area (Å²) in [4.78, 5) is 32.4. The van der Waals surface area contributed by atoms with Gasteiger partial charge in [0.1, 0.15) is 5.69 Å². The number of nitrogens with one attached hydrogen (secondary N) is 3. The van der Waals surface area contributed by atoms with E-state index in [0.29, 0.717) is 18.1 Å². The number of hydrogen-bond acceptors (Lipinski definition) is 5. The monoisotopic (exact) mass is 288 g/mol. The Balaban J connectivity index is 1.68. The van der Waals surface area contributed by atoms with Crippen LogP contribution in [0, 0.1) is 0 Å². The van der Waals surface area contributed by atoms with E-state index in [1.54, 1.807) is 12.3 Å². The molecule has 8 nitrogen and oxygen atoms in total. The van der Waals surface area contributed by atoms with Crippen LogP contribution in [0.15, 0.2) is 29.5 Å². The van der Waals surface area contributed by atoms with Crippen LogP contribution in [0.2, 0.25) is 0 Å². The van der Waals surface area contributed by atoms with E-state index in [4.69, 9.17) is 0 Å². The summed E-state index contributed by atoms with van der Waals surface area (Å²) in [6.07, 6.45) is 6.37. The maximum atomic E-state index is 12.0. The standard InChI is InChI=1S/C13H16N6O2/c20-12(10-3-4-16-18-10)17-9-2-1-7-19(8-9)11-13(21)15-6-5-14-11/h3-6,9H,1-2,7-8H2,(H,15,21)(H,16,18)(H,17,20)/t9-/m0/s1. The van der Waals surface area contributed by atoms with Gasteiger partial charge in [0, 0.05) is 37.7 Å². The lowest BCUT2D eigenvalue weighted by molar-refractivity contribution is 0.0928. The molecule has 1 amide bonds. The molecule has 0 radical (unpaired) electrons. The zero-order chi connectivity index (χ0) is 14.7. The van der Waals surface area contributed by atoms with Crippen molar-refractivity contribution in [1.29, 1.82) is 0 Å². The van der Waals surface area contributed by atoms with Crippen molar-refractivity contribution in [2.75, 3.05) is 18.0 Å². The second kappa shape index (κ2) is 5.78. The average molecular weight is 288 g/mol. The van der Waals surface area contributed by atoms with Crippen molar-refractivity contribution in [3.63, 3.8) is 0 Å². The molecule has 2 aromatic heterocycles. The van der Waals surface area contributed by atoms with Crippen LogP contribution in [0.4, 0.5) is 5.82 Å². The number of carbonyl (C=O) groups is 1. The van der Waals surface area contributed by atoms with Crippen LogP contribution in [-0.4, -0.2) is 45.2 Å². The molecule has 1 aliphatic heterocycles. The fourth-order valence-corrected chi connectivity index (χ4v) is 2.50. The summed E-state index contributed by atoms with van der Waals surface area (Å²) in [5.74, 6) is 0.215. The van der Waals surface area contributed by atoms with E-state index in [-0.39, 0.29) is 17.5 Å². The summed E-state index contributed by atoms with van der Waals surface area (Å²) in [7, 11) is 0. The number of H-pyrrole nitrogens is 2. The summed E-state index contributed by atoms with van der Waals surface area (Å²) in [5, 5.41) is 9.34. The van der Waals surface area contributed by atoms with Crippen LogP contribution in [0.5, 0.6) is 0 Å². The highest BCUT2D eigenvalue weighted by atomic mass is 16.2. The zero-order valence-electron chi connectivity index (χ0n) is 11.4. The fraction of sp³-hybridized carbons (Fsp3) is 0.385. The van der Waals surface area contributed by atoms with Gasteiger partial charge in [0.15, 0.2) is 5.82 Å². The Labute approximate surface area is 120 Å². The van der Waals surface area contributed by atoms with Crippen molar-refractivity contribution < 1.29 is 4.79 Å². The van der Waals surface area contributed by atoms with Crippen molar-refractivity contribution in [3.05, 3.63) is 40.7 Å². The molecule has 8 heteroatoms. The number of nitrogens with zero attached hydrogens (tertiary/aromatic N) is 3. The Morgan fingerprint density at radius 2 is 2.33 bits per heavy atom. The lowest BCUT2D eigenvalue weighted by Crippen LogP contribution is -2.49. The van der Waals surface area contributed by atoms with E-state index in [0.717, 1.165) is 19.4 Å². The molecule has 2 aromatic rings. The molecule has 3 rings (SSSR count). The SMILES string of the molecule is O=C(N[C@H]1CCCN(c2ncc[nH]c2=O)C1)c1ccn[nH]1. The highest BCUT2D eigenvalue weighted by Gasteiger charge is 2.24. The predicted octanol–water partition coefficient (Wildman–Crippen LogP) is -0.108. The van der Waals surface area contributed by atoms with Crippen LogP contribution in [0.1, 0.15) is 23.3 Å². The molecule has 0 aromatic carbocycles. The number of aromatic amines is 2. The normalized spacial score (nSPS) is 18.5. The van der Waals surface area contributed by atoms with Crippen molar-refractivity contribution in [3.8, 4) is 0 Å². The summed E-state index contributed by atoms with van der Waals surface area (Å²) < 4.78 is 0. The third kappa shape index (κ3) is 2.93. The summed E-state index contributed by atoms with van der Waals surface area (Å²) >= 11 is 0. The molecule has 0 bridgehead atoms. The van der Waals surface area contributed by atoms with Gasteiger partial charge in [-0.1, -0.05) is 0 Å². The van der Waals surface area contributed by atoms with Crippen LogP contribution < -0.4 is 15.8 Å². The van der Waals surface area contributed by atoms with Gasteiger partial charge in [0.2, 0.25) is 0 Å². The molecule has 21 heavy (non-hydrogen) atoms. The Morgan fingerprint density at radius 1 is 1.43 bits per heavy atom. The maximum Gasteiger partial charge on any atom is 0.290 e. The molecule has 110 valence electrons. The largest absolute Gasteiger partial charge is 0.350 e. The number of anilines is 1. The van der Waals surface area contributed by atoms with Crippen molar-refractivity contribution in [2.24, 2.45) is 0 Å². The molecule has 0 unspecified atom stereocenters. The van der Waals surface area contributed by atoms with Crippen molar-refractivity contribution in [1.82, 2.24) is 25.5 Å². The molecule has 1 atom stereocenters.